The van der Waals surface area contributed by atoms with E-state index in [1.165, 1.54) is 37.8 Å². The van der Waals surface area contributed by atoms with Crippen LogP contribution in [0.3, 0.4) is 0 Å². The summed E-state index contributed by atoms with van der Waals surface area (Å²) >= 11 is 0. The first-order valence-corrected chi connectivity index (χ1v) is 6.47. The maximum atomic E-state index is 3.63. The zero-order valence-electron chi connectivity index (χ0n) is 9.91. The van der Waals surface area contributed by atoms with Crippen molar-refractivity contribution in [2.45, 2.75) is 38.1 Å². The van der Waals surface area contributed by atoms with Gasteiger partial charge in [-0.05, 0) is 25.0 Å². The Kier molecular flexibility index (Phi) is 4.69. The van der Waals surface area contributed by atoms with Crippen molar-refractivity contribution in [1.29, 1.82) is 0 Å². The molecule has 0 spiro atoms. The minimum Gasteiger partial charge on any atom is -0.384 e. The minimum absolute atomic E-state index is 0.770. The lowest BCUT2D eigenvalue weighted by molar-refractivity contribution is 0.378. The molecule has 1 aromatic carbocycles. The highest BCUT2D eigenvalue weighted by Gasteiger charge is 2.11. The highest BCUT2D eigenvalue weighted by molar-refractivity contribution is 5.42. The molecule has 0 radical (unpaired) electrons. The highest BCUT2D eigenvalue weighted by Crippen LogP contribution is 2.16. The van der Waals surface area contributed by atoms with Crippen molar-refractivity contribution < 1.29 is 0 Å². The van der Waals surface area contributed by atoms with Crippen molar-refractivity contribution in [3.63, 3.8) is 0 Å². The fourth-order valence-corrected chi connectivity index (χ4v) is 2.35. The lowest BCUT2D eigenvalue weighted by atomic mass is 9.95. The summed E-state index contributed by atoms with van der Waals surface area (Å²) in [6.45, 7) is 2.08. The van der Waals surface area contributed by atoms with Crippen molar-refractivity contribution in [2.75, 3.05) is 18.4 Å². The summed E-state index contributed by atoms with van der Waals surface area (Å²) in [5, 5.41) is 7.05. The Hall–Kier alpha value is -1.02. The van der Waals surface area contributed by atoms with Crippen LogP contribution in [0, 0.1) is 0 Å². The molecule has 2 heteroatoms. The van der Waals surface area contributed by atoms with Gasteiger partial charge in [0.1, 0.15) is 0 Å². The highest BCUT2D eigenvalue weighted by atomic mass is 15.0. The van der Waals surface area contributed by atoms with E-state index in [9.17, 15) is 0 Å². The molecule has 0 bridgehead atoms. The molecule has 2 N–H and O–H groups in total. The zero-order valence-corrected chi connectivity index (χ0v) is 9.91. The van der Waals surface area contributed by atoms with Crippen LogP contribution in [0.1, 0.15) is 32.1 Å². The van der Waals surface area contributed by atoms with E-state index in [0.717, 1.165) is 19.1 Å². The van der Waals surface area contributed by atoms with E-state index in [1.807, 2.05) is 6.07 Å². The zero-order chi connectivity index (χ0) is 11.1. The number of rotatable bonds is 5. The maximum absolute atomic E-state index is 3.63. The minimum atomic E-state index is 0.770. The molecule has 0 unspecified atom stereocenters. The van der Waals surface area contributed by atoms with Crippen LogP contribution in [-0.4, -0.2) is 19.1 Å². The molecule has 0 aliphatic heterocycles. The molecule has 0 aromatic heterocycles. The quantitative estimate of drug-likeness (QED) is 0.742. The normalized spacial score (nSPS) is 17.2. The summed E-state index contributed by atoms with van der Waals surface area (Å²) in [6.07, 6.45) is 6.98. The van der Waals surface area contributed by atoms with Gasteiger partial charge in [0.05, 0.1) is 0 Å². The lowest BCUT2D eigenvalue weighted by Crippen LogP contribution is -2.34. The number of para-hydroxylation sites is 1. The van der Waals surface area contributed by atoms with Crippen LogP contribution in [0.2, 0.25) is 0 Å². The molecule has 1 saturated carbocycles. The summed E-state index contributed by atoms with van der Waals surface area (Å²) in [5.74, 6) is 0. The first-order valence-electron chi connectivity index (χ1n) is 6.47. The summed E-state index contributed by atoms with van der Waals surface area (Å²) in [4.78, 5) is 0. The first kappa shape index (κ1) is 11.5. The average molecular weight is 218 g/mol. The molecule has 0 saturated heterocycles. The Morgan fingerprint density at radius 2 is 1.69 bits per heavy atom. The standard InChI is InChI=1S/C14H22N2/c1-3-7-13(8-4-1)15-11-12-16-14-9-5-2-6-10-14/h1,3-4,7-8,14-16H,2,5-6,9-12H2. The predicted octanol–water partition coefficient (Wildman–Crippen LogP) is 3.02. The molecule has 2 nitrogen and oxygen atoms in total. The fraction of sp³-hybridized carbons (Fsp3) is 0.571. The van der Waals surface area contributed by atoms with Crippen LogP contribution < -0.4 is 10.6 Å². The number of benzene rings is 1. The van der Waals surface area contributed by atoms with E-state index in [0.29, 0.717) is 0 Å². The van der Waals surface area contributed by atoms with Crippen LogP contribution in [0.15, 0.2) is 30.3 Å². The molecule has 0 heterocycles. The Bertz CT molecular complexity index is 278. The summed E-state index contributed by atoms with van der Waals surface area (Å²) < 4.78 is 0. The Labute approximate surface area is 98.4 Å². The molecule has 0 atom stereocenters. The van der Waals surface area contributed by atoms with Gasteiger partial charge in [-0.3, -0.25) is 0 Å². The second kappa shape index (κ2) is 6.54. The van der Waals surface area contributed by atoms with Gasteiger partial charge in [0.2, 0.25) is 0 Å². The number of nitrogens with one attached hydrogen (secondary N) is 2. The number of hydrogen-bond donors (Lipinski definition) is 2. The van der Waals surface area contributed by atoms with Crippen molar-refractivity contribution in [3.8, 4) is 0 Å². The van der Waals surface area contributed by atoms with Crippen LogP contribution in [0.5, 0.6) is 0 Å². The van der Waals surface area contributed by atoms with Gasteiger partial charge >= 0.3 is 0 Å². The molecule has 16 heavy (non-hydrogen) atoms. The lowest BCUT2D eigenvalue weighted by Gasteiger charge is -2.22. The molecule has 88 valence electrons. The summed E-state index contributed by atoms with van der Waals surface area (Å²) in [6, 6.07) is 11.2. The van der Waals surface area contributed by atoms with E-state index in [2.05, 4.69) is 34.9 Å². The van der Waals surface area contributed by atoms with Gasteiger partial charge in [0, 0.05) is 24.8 Å². The van der Waals surface area contributed by atoms with Gasteiger partial charge in [-0.1, -0.05) is 37.5 Å². The largest absolute Gasteiger partial charge is 0.384 e. The summed E-state index contributed by atoms with van der Waals surface area (Å²) in [5.41, 5.74) is 1.22. The number of anilines is 1. The van der Waals surface area contributed by atoms with E-state index in [1.54, 1.807) is 0 Å². The molecular formula is C14H22N2. The van der Waals surface area contributed by atoms with Crippen molar-refractivity contribution in [2.24, 2.45) is 0 Å². The van der Waals surface area contributed by atoms with Gasteiger partial charge in [-0.2, -0.15) is 0 Å². The van der Waals surface area contributed by atoms with E-state index in [4.69, 9.17) is 0 Å². The van der Waals surface area contributed by atoms with Gasteiger partial charge in [-0.25, -0.2) is 0 Å². The van der Waals surface area contributed by atoms with Gasteiger partial charge in [0.15, 0.2) is 0 Å². The van der Waals surface area contributed by atoms with Crippen LogP contribution in [0.25, 0.3) is 0 Å². The van der Waals surface area contributed by atoms with Gasteiger partial charge in [-0.15, -0.1) is 0 Å². The monoisotopic (exact) mass is 218 g/mol. The molecular weight excluding hydrogens is 196 g/mol. The Morgan fingerprint density at radius 1 is 0.938 bits per heavy atom. The molecule has 2 rings (SSSR count). The van der Waals surface area contributed by atoms with Crippen LogP contribution in [-0.2, 0) is 0 Å². The van der Waals surface area contributed by atoms with E-state index < -0.39 is 0 Å². The van der Waals surface area contributed by atoms with Gasteiger partial charge in [0.25, 0.3) is 0 Å². The predicted molar refractivity (Wildman–Crippen MR) is 69.8 cm³/mol. The van der Waals surface area contributed by atoms with E-state index >= 15 is 0 Å². The molecule has 1 aliphatic carbocycles. The van der Waals surface area contributed by atoms with Crippen molar-refractivity contribution in [3.05, 3.63) is 30.3 Å². The van der Waals surface area contributed by atoms with Crippen LogP contribution >= 0.6 is 0 Å². The number of hydrogen-bond acceptors (Lipinski definition) is 2. The SMILES string of the molecule is c1ccc(NCCNC2CCCCC2)cc1. The Morgan fingerprint density at radius 3 is 2.44 bits per heavy atom. The van der Waals surface area contributed by atoms with Crippen LogP contribution in [0.4, 0.5) is 5.69 Å². The van der Waals surface area contributed by atoms with Crippen molar-refractivity contribution in [1.82, 2.24) is 5.32 Å². The Balaban J connectivity index is 1.58. The molecule has 1 aromatic rings. The molecule has 1 aliphatic rings. The maximum Gasteiger partial charge on any atom is 0.0340 e. The first-order chi connectivity index (χ1) is 7.95. The second-order valence-corrected chi connectivity index (χ2v) is 4.58. The van der Waals surface area contributed by atoms with Gasteiger partial charge < -0.3 is 10.6 Å². The summed E-state index contributed by atoms with van der Waals surface area (Å²) in [7, 11) is 0. The third-order valence-corrected chi connectivity index (χ3v) is 3.27. The fourth-order valence-electron chi connectivity index (χ4n) is 2.35. The average Bonchev–Trinajstić information content (AvgIpc) is 2.37. The third-order valence-electron chi connectivity index (χ3n) is 3.27. The topological polar surface area (TPSA) is 24.1 Å². The van der Waals surface area contributed by atoms with Crippen molar-refractivity contribution >= 4 is 5.69 Å². The molecule has 0 amide bonds. The van der Waals surface area contributed by atoms with E-state index in [-0.39, 0.29) is 0 Å². The second-order valence-electron chi connectivity index (χ2n) is 4.58. The molecule has 1 fully saturated rings. The third kappa shape index (κ3) is 3.86. The smallest absolute Gasteiger partial charge is 0.0340 e.